The van der Waals surface area contributed by atoms with Crippen LogP contribution in [0.1, 0.15) is 17.0 Å². The lowest BCUT2D eigenvalue weighted by Gasteiger charge is -2.11. The summed E-state index contributed by atoms with van der Waals surface area (Å²) in [5, 5.41) is 13.5. The van der Waals surface area contributed by atoms with Gasteiger partial charge in [0.1, 0.15) is 6.54 Å². The molecule has 0 bridgehead atoms. The Balaban J connectivity index is 2.50. The molecule has 0 atom stereocenters. The zero-order valence-electron chi connectivity index (χ0n) is 8.68. The average Bonchev–Trinajstić information content (AvgIpc) is 2.54. The number of rotatable bonds is 2. The van der Waals surface area contributed by atoms with E-state index in [1.54, 1.807) is 0 Å². The molecule has 0 aliphatic carbocycles. The highest BCUT2D eigenvalue weighted by Gasteiger charge is 2.27. The zero-order valence-corrected chi connectivity index (χ0v) is 9.50. The number of aliphatic hydroxyl groups is 1. The summed E-state index contributed by atoms with van der Waals surface area (Å²) in [5.74, 6) is 2.51. The van der Waals surface area contributed by atoms with Crippen LogP contribution < -0.4 is 0 Å². The minimum atomic E-state index is -3.05. The van der Waals surface area contributed by atoms with E-state index in [0.717, 1.165) is 5.69 Å². The molecule has 16 heavy (non-hydrogen) atoms. The molecule has 0 amide bonds. The summed E-state index contributed by atoms with van der Waals surface area (Å²) in [4.78, 5) is 0. The van der Waals surface area contributed by atoms with E-state index in [0.29, 0.717) is 17.7 Å². The topological polar surface area (TPSA) is 72.2 Å². The third-order valence-electron chi connectivity index (χ3n) is 2.65. The summed E-state index contributed by atoms with van der Waals surface area (Å²) < 4.78 is 24.5. The second-order valence-corrected chi connectivity index (χ2v) is 5.92. The van der Waals surface area contributed by atoms with E-state index >= 15 is 0 Å². The van der Waals surface area contributed by atoms with Gasteiger partial charge in [0.25, 0.3) is 0 Å². The minimum absolute atomic E-state index is 0.0389. The van der Waals surface area contributed by atoms with Crippen LogP contribution in [0.4, 0.5) is 0 Å². The summed E-state index contributed by atoms with van der Waals surface area (Å²) in [6, 6.07) is 0. The maximum Gasteiger partial charge on any atom is 0.154 e. The predicted octanol–water partition coefficient (Wildman–Crippen LogP) is -0.520. The van der Waals surface area contributed by atoms with Gasteiger partial charge in [-0.2, -0.15) is 5.10 Å². The molecule has 2 rings (SSSR count). The third kappa shape index (κ3) is 1.84. The number of fused-ring (bicyclic) bond motifs is 1. The number of aryl methyl sites for hydroxylation is 1. The molecule has 0 saturated heterocycles. The molecular formula is C10H12N2O3S. The normalized spacial score (nSPS) is 17.8. The van der Waals surface area contributed by atoms with Gasteiger partial charge < -0.3 is 5.11 Å². The lowest BCUT2D eigenvalue weighted by atomic mass is 10.1. The van der Waals surface area contributed by atoms with Crippen molar-refractivity contribution in [3.05, 3.63) is 17.0 Å². The van der Waals surface area contributed by atoms with Gasteiger partial charge in [0, 0.05) is 12.0 Å². The Morgan fingerprint density at radius 2 is 2.31 bits per heavy atom. The highest BCUT2D eigenvalue weighted by molar-refractivity contribution is 7.90. The Hall–Kier alpha value is -1.32. The fourth-order valence-electron chi connectivity index (χ4n) is 1.89. The molecule has 1 aromatic heterocycles. The van der Waals surface area contributed by atoms with E-state index in [9.17, 15) is 13.5 Å². The van der Waals surface area contributed by atoms with Crippen molar-refractivity contribution in [2.45, 2.75) is 25.3 Å². The van der Waals surface area contributed by atoms with Gasteiger partial charge in [0.05, 0.1) is 29.5 Å². The maximum absolute atomic E-state index is 11.5. The van der Waals surface area contributed by atoms with Crippen molar-refractivity contribution in [1.29, 1.82) is 0 Å². The Morgan fingerprint density at radius 3 is 2.94 bits per heavy atom. The van der Waals surface area contributed by atoms with Gasteiger partial charge in [0.15, 0.2) is 9.84 Å². The quantitative estimate of drug-likeness (QED) is 0.706. The van der Waals surface area contributed by atoms with Crippen LogP contribution in [0, 0.1) is 12.3 Å². The fourth-order valence-corrected chi connectivity index (χ4v) is 3.32. The first-order chi connectivity index (χ1) is 7.57. The van der Waals surface area contributed by atoms with E-state index in [1.165, 1.54) is 4.68 Å². The number of aromatic nitrogens is 2. The van der Waals surface area contributed by atoms with E-state index in [2.05, 4.69) is 11.0 Å². The molecule has 1 aliphatic heterocycles. The summed E-state index contributed by atoms with van der Waals surface area (Å²) in [5.41, 5.74) is 1.90. The van der Waals surface area contributed by atoms with Crippen LogP contribution in [0.2, 0.25) is 0 Å². The molecule has 0 radical (unpaired) electrons. The van der Waals surface area contributed by atoms with Crippen LogP contribution in [-0.2, 0) is 35.2 Å². The summed E-state index contributed by atoms with van der Waals surface area (Å²) in [6.07, 6.45) is 5.59. The first-order valence-electron chi connectivity index (χ1n) is 4.89. The van der Waals surface area contributed by atoms with E-state index in [1.807, 2.05) is 0 Å². The van der Waals surface area contributed by atoms with Crippen LogP contribution in [-0.4, -0.2) is 29.1 Å². The summed E-state index contributed by atoms with van der Waals surface area (Å²) in [6.45, 7) is 0.0163. The SMILES string of the molecule is C#CCn1nc2c(c1CO)CS(=O)(=O)CC2. The fraction of sp³-hybridized carbons (Fsp3) is 0.500. The zero-order chi connectivity index (χ0) is 11.8. The molecule has 0 aromatic carbocycles. The van der Waals surface area contributed by atoms with Crippen LogP contribution in [0.3, 0.4) is 0 Å². The Kier molecular flexibility index (Phi) is 2.74. The molecule has 0 unspecified atom stereocenters. The largest absolute Gasteiger partial charge is 0.390 e. The molecule has 0 spiro atoms. The van der Waals surface area contributed by atoms with Gasteiger partial charge in [-0.3, -0.25) is 4.68 Å². The van der Waals surface area contributed by atoms with Gasteiger partial charge in [0.2, 0.25) is 0 Å². The molecule has 1 N–H and O–H groups in total. The predicted molar refractivity (Wildman–Crippen MR) is 58.2 cm³/mol. The van der Waals surface area contributed by atoms with Crippen molar-refractivity contribution in [1.82, 2.24) is 9.78 Å². The summed E-state index contributed by atoms with van der Waals surface area (Å²) in [7, 11) is -3.05. The number of hydrogen-bond acceptors (Lipinski definition) is 4. The van der Waals surface area contributed by atoms with E-state index < -0.39 is 9.84 Å². The number of hydrogen-bond donors (Lipinski definition) is 1. The first kappa shape index (κ1) is 11.2. The number of nitrogens with zero attached hydrogens (tertiary/aromatic N) is 2. The lowest BCUT2D eigenvalue weighted by molar-refractivity contribution is 0.268. The molecule has 0 saturated carbocycles. The smallest absolute Gasteiger partial charge is 0.154 e. The van der Waals surface area contributed by atoms with Crippen LogP contribution in [0.25, 0.3) is 0 Å². The van der Waals surface area contributed by atoms with Crippen LogP contribution in [0.5, 0.6) is 0 Å². The first-order valence-corrected chi connectivity index (χ1v) is 6.71. The second-order valence-electron chi connectivity index (χ2n) is 3.73. The van der Waals surface area contributed by atoms with Crippen molar-refractivity contribution >= 4 is 9.84 Å². The lowest BCUT2D eigenvalue weighted by Crippen LogP contribution is -2.19. The monoisotopic (exact) mass is 240 g/mol. The molecule has 86 valence electrons. The van der Waals surface area contributed by atoms with Gasteiger partial charge in [-0.15, -0.1) is 6.42 Å². The summed E-state index contributed by atoms with van der Waals surface area (Å²) >= 11 is 0. The maximum atomic E-state index is 11.5. The molecule has 0 fully saturated rings. The van der Waals surface area contributed by atoms with Crippen molar-refractivity contribution in [3.8, 4) is 12.3 Å². The average molecular weight is 240 g/mol. The highest BCUT2D eigenvalue weighted by Crippen LogP contribution is 2.23. The minimum Gasteiger partial charge on any atom is -0.390 e. The van der Waals surface area contributed by atoms with Gasteiger partial charge >= 0.3 is 0 Å². The molecular weight excluding hydrogens is 228 g/mol. The van der Waals surface area contributed by atoms with E-state index in [-0.39, 0.29) is 24.7 Å². The molecule has 2 heterocycles. The van der Waals surface area contributed by atoms with Gasteiger partial charge in [-0.25, -0.2) is 8.42 Å². The van der Waals surface area contributed by atoms with Crippen molar-refractivity contribution in [3.63, 3.8) is 0 Å². The van der Waals surface area contributed by atoms with Crippen molar-refractivity contribution in [2.24, 2.45) is 0 Å². The highest BCUT2D eigenvalue weighted by atomic mass is 32.2. The standard InChI is InChI=1S/C10H12N2O3S/c1-2-4-12-10(6-13)8-7-16(14,15)5-3-9(8)11-12/h1,13H,3-7H2. The number of aliphatic hydroxyl groups excluding tert-OH is 1. The van der Waals surface area contributed by atoms with Crippen molar-refractivity contribution < 1.29 is 13.5 Å². The molecule has 1 aromatic rings. The Labute approximate surface area is 94.0 Å². The van der Waals surface area contributed by atoms with Gasteiger partial charge in [-0.05, 0) is 0 Å². The Morgan fingerprint density at radius 1 is 1.56 bits per heavy atom. The molecule has 5 nitrogen and oxygen atoms in total. The Bertz CT molecular complexity index is 551. The van der Waals surface area contributed by atoms with Crippen LogP contribution in [0.15, 0.2) is 0 Å². The van der Waals surface area contributed by atoms with Crippen LogP contribution >= 0.6 is 0 Å². The van der Waals surface area contributed by atoms with Crippen molar-refractivity contribution in [2.75, 3.05) is 5.75 Å². The molecule has 1 aliphatic rings. The number of terminal acetylenes is 1. The van der Waals surface area contributed by atoms with E-state index in [4.69, 9.17) is 6.42 Å². The number of sulfone groups is 1. The second kappa shape index (κ2) is 3.92. The van der Waals surface area contributed by atoms with Gasteiger partial charge in [-0.1, -0.05) is 5.92 Å². The third-order valence-corrected chi connectivity index (χ3v) is 4.21. The molecule has 6 heteroatoms.